The molecule has 114 valence electrons. The van der Waals surface area contributed by atoms with Crippen molar-refractivity contribution in [3.63, 3.8) is 0 Å². The van der Waals surface area contributed by atoms with Crippen molar-refractivity contribution in [2.45, 2.75) is 24.4 Å². The molecule has 3 aromatic heterocycles. The summed E-state index contributed by atoms with van der Waals surface area (Å²) in [6.07, 6.45) is 5.47. The molecule has 0 aromatic carbocycles. The number of nitrogens with zero attached hydrogens (tertiary/aromatic N) is 5. The zero-order chi connectivity index (χ0) is 15.5. The summed E-state index contributed by atoms with van der Waals surface area (Å²) in [6.45, 7) is 2.87. The van der Waals surface area contributed by atoms with Crippen molar-refractivity contribution in [3.05, 3.63) is 42.1 Å². The first kappa shape index (κ1) is 14.6. The molecule has 3 rings (SSSR count). The van der Waals surface area contributed by atoms with E-state index < -0.39 is 0 Å². The van der Waals surface area contributed by atoms with Crippen LogP contribution in [-0.4, -0.2) is 37.2 Å². The van der Waals surface area contributed by atoms with Gasteiger partial charge in [-0.25, -0.2) is 9.78 Å². The highest BCUT2D eigenvalue weighted by atomic mass is 32.2. The van der Waals surface area contributed by atoms with Crippen LogP contribution in [0.15, 0.2) is 36.0 Å². The van der Waals surface area contributed by atoms with Gasteiger partial charge in [0.2, 0.25) is 0 Å². The molecular formula is C14H15N5O2S. The number of carbonyl (C=O) groups is 1. The van der Waals surface area contributed by atoms with Crippen molar-refractivity contribution < 1.29 is 9.53 Å². The molecule has 0 saturated heterocycles. The predicted molar refractivity (Wildman–Crippen MR) is 81.8 cm³/mol. The van der Waals surface area contributed by atoms with Crippen molar-refractivity contribution in [1.82, 2.24) is 24.1 Å². The number of imidazole rings is 1. The van der Waals surface area contributed by atoms with Gasteiger partial charge in [-0.15, -0.1) is 10.2 Å². The Labute approximate surface area is 131 Å². The molecule has 0 saturated carbocycles. The minimum Gasteiger partial charge on any atom is -0.465 e. The third-order valence-corrected chi connectivity index (χ3v) is 4.22. The zero-order valence-electron chi connectivity index (χ0n) is 12.3. The van der Waals surface area contributed by atoms with Gasteiger partial charge in [0.25, 0.3) is 0 Å². The van der Waals surface area contributed by atoms with Gasteiger partial charge in [-0.05, 0) is 19.1 Å². The highest BCUT2D eigenvalue weighted by Crippen LogP contribution is 2.21. The van der Waals surface area contributed by atoms with Crippen LogP contribution >= 0.6 is 11.8 Å². The maximum atomic E-state index is 11.8. The van der Waals surface area contributed by atoms with Gasteiger partial charge in [0, 0.05) is 24.7 Å². The van der Waals surface area contributed by atoms with E-state index in [4.69, 9.17) is 4.74 Å². The number of esters is 1. The van der Waals surface area contributed by atoms with Gasteiger partial charge in [0.1, 0.15) is 11.9 Å². The molecule has 0 N–H and O–H groups in total. The molecule has 7 nitrogen and oxygen atoms in total. The SMILES string of the molecule is CCn1cnnc1SCc1cn2cccc(C(=O)OC)c2n1. The minimum atomic E-state index is -0.388. The van der Waals surface area contributed by atoms with Crippen LogP contribution in [0.4, 0.5) is 0 Å². The summed E-state index contributed by atoms with van der Waals surface area (Å²) < 4.78 is 8.58. The van der Waals surface area contributed by atoms with Gasteiger partial charge in [-0.3, -0.25) is 0 Å². The van der Waals surface area contributed by atoms with Crippen LogP contribution in [0.5, 0.6) is 0 Å². The van der Waals surface area contributed by atoms with E-state index in [0.29, 0.717) is 17.0 Å². The second-order valence-corrected chi connectivity index (χ2v) is 5.51. The van der Waals surface area contributed by atoms with E-state index in [0.717, 1.165) is 17.4 Å². The molecule has 0 aliphatic heterocycles. The molecule has 0 fully saturated rings. The van der Waals surface area contributed by atoms with Crippen LogP contribution in [0, 0.1) is 0 Å². The number of aromatic nitrogens is 5. The normalized spacial score (nSPS) is 11.0. The third kappa shape index (κ3) is 2.69. The molecule has 22 heavy (non-hydrogen) atoms. The average Bonchev–Trinajstić information content (AvgIpc) is 3.17. The second-order valence-electron chi connectivity index (χ2n) is 4.56. The number of ether oxygens (including phenoxy) is 1. The van der Waals surface area contributed by atoms with Crippen LogP contribution in [0.25, 0.3) is 5.65 Å². The Morgan fingerprint density at radius 2 is 2.32 bits per heavy atom. The van der Waals surface area contributed by atoms with E-state index in [2.05, 4.69) is 15.2 Å². The first-order valence-corrected chi connectivity index (χ1v) is 7.77. The fourth-order valence-electron chi connectivity index (χ4n) is 2.11. The number of carbonyl (C=O) groups excluding carboxylic acids is 1. The number of pyridine rings is 1. The molecule has 0 spiro atoms. The van der Waals surface area contributed by atoms with E-state index in [1.807, 2.05) is 28.3 Å². The molecule has 0 aliphatic rings. The summed E-state index contributed by atoms with van der Waals surface area (Å²) in [5.74, 6) is 0.266. The molecule has 0 amide bonds. The maximum absolute atomic E-state index is 11.8. The van der Waals surface area contributed by atoms with Crippen molar-refractivity contribution in [3.8, 4) is 0 Å². The second kappa shape index (κ2) is 6.18. The third-order valence-electron chi connectivity index (χ3n) is 3.21. The number of methoxy groups -OCH3 is 1. The van der Waals surface area contributed by atoms with E-state index in [9.17, 15) is 4.79 Å². The van der Waals surface area contributed by atoms with Gasteiger partial charge in [-0.1, -0.05) is 11.8 Å². The molecule has 0 aliphatic carbocycles. The van der Waals surface area contributed by atoms with E-state index in [-0.39, 0.29) is 5.97 Å². The van der Waals surface area contributed by atoms with Crippen LogP contribution in [0.2, 0.25) is 0 Å². The Bertz CT molecular complexity index is 811. The number of rotatable bonds is 5. The van der Waals surface area contributed by atoms with Crippen LogP contribution in [-0.2, 0) is 17.0 Å². The smallest absolute Gasteiger partial charge is 0.341 e. The number of thioether (sulfide) groups is 1. The number of hydrogen-bond donors (Lipinski definition) is 0. The molecule has 0 unspecified atom stereocenters. The van der Waals surface area contributed by atoms with Crippen molar-refractivity contribution in [1.29, 1.82) is 0 Å². The lowest BCUT2D eigenvalue weighted by Gasteiger charge is -2.00. The predicted octanol–water partition coefficient (Wildman–Crippen LogP) is 2.02. The van der Waals surface area contributed by atoms with Gasteiger partial charge >= 0.3 is 5.97 Å². The lowest BCUT2D eigenvalue weighted by molar-refractivity contribution is 0.0602. The summed E-state index contributed by atoms with van der Waals surface area (Å²) in [4.78, 5) is 16.3. The zero-order valence-corrected chi connectivity index (χ0v) is 13.1. The van der Waals surface area contributed by atoms with Gasteiger partial charge < -0.3 is 13.7 Å². The van der Waals surface area contributed by atoms with E-state index >= 15 is 0 Å². The topological polar surface area (TPSA) is 74.3 Å². The summed E-state index contributed by atoms with van der Waals surface area (Å²) in [7, 11) is 1.36. The molecule has 0 bridgehead atoms. The molecule has 8 heteroatoms. The molecular weight excluding hydrogens is 302 g/mol. The largest absolute Gasteiger partial charge is 0.465 e. The van der Waals surface area contributed by atoms with Crippen molar-refractivity contribution in [2.75, 3.05) is 7.11 Å². The highest BCUT2D eigenvalue weighted by molar-refractivity contribution is 7.98. The Balaban J connectivity index is 1.85. The average molecular weight is 317 g/mol. The number of aryl methyl sites for hydroxylation is 1. The lowest BCUT2D eigenvalue weighted by Crippen LogP contribution is -2.03. The molecule has 3 aromatic rings. The highest BCUT2D eigenvalue weighted by Gasteiger charge is 2.14. The van der Waals surface area contributed by atoms with Gasteiger partial charge in [0.05, 0.1) is 12.8 Å². The molecule has 3 heterocycles. The molecule has 0 atom stereocenters. The Hall–Kier alpha value is -2.35. The summed E-state index contributed by atoms with van der Waals surface area (Å²) >= 11 is 1.56. The van der Waals surface area contributed by atoms with Crippen molar-refractivity contribution >= 4 is 23.4 Å². The summed E-state index contributed by atoms with van der Waals surface area (Å²) in [6, 6.07) is 3.50. The number of fused-ring (bicyclic) bond motifs is 1. The lowest BCUT2D eigenvalue weighted by atomic mass is 10.3. The Kier molecular flexibility index (Phi) is 4.10. The standard InChI is InChI=1S/C14H15N5O2S/c1-3-18-9-15-17-14(18)22-8-10-7-19-6-4-5-11(12(19)16-10)13(20)21-2/h4-7,9H,3,8H2,1-2H3. The van der Waals surface area contributed by atoms with Crippen LogP contribution in [0.3, 0.4) is 0 Å². The van der Waals surface area contributed by atoms with Gasteiger partial charge in [0.15, 0.2) is 10.8 Å². The number of hydrogen-bond acceptors (Lipinski definition) is 6. The van der Waals surface area contributed by atoms with Crippen LogP contribution < -0.4 is 0 Å². The summed E-state index contributed by atoms with van der Waals surface area (Å²) in [5.41, 5.74) is 1.92. The summed E-state index contributed by atoms with van der Waals surface area (Å²) in [5, 5.41) is 8.84. The van der Waals surface area contributed by atoms with Crippen molar-refractivity contribution in [2.24, 2.45) is 0 Å². The fraction of sp³-hybridized carbons (Fsp3) is 0.286. The Morgan fingerprint density at radius 3 is 3.09 bits per heavy atom. The fourth-order valence-corrected chi connectivity index (χ4v) is 2.98. The quantitative estimate of drug-likeness (QED) is 0.529. The monoisotopic (exact) mass is 317 g/mol. The van der Waals surface area contributed by atoms with Crippen LogP contribution in [0.1, 0.15) is 23.0 Å². The maximum Gasteiger partial charge on any atom is 0.341 e. The van der Waals surface area contributed by atoms with E-state index in [1.54, 1.807) is 30.2 Å². The first-order valence-electron chi connectivity index (χ1n) is 6.78. The Morgan fingerprint density at radius 1 is 1.45 bits per heavy atom. The first-order chi connectivity index (χ1) is 10.7. The molecule has 0 radical (unpaired) electrons. The van der Waals surface area contributed by atoms with Gasteiger partial charge in [-0.2, -0.15) is 0 Å². The minimum absolute atomic E-state index is 0.388. The van der Waals surface area contributed by atoms with E-state index in [1.165, 1.54) is 7.11 Å².